The summed E-state index contributed by atoms with van der Waals surface area (Å²) >= 11 is 1.57. The summed E-state index contributed by atoms with van der Waals surface area (Å²) in [7, 11) is 1.57. The van der Waals surface area contributed by atoms with E-state index in [-0.39, 0.29) is 11.9 Å². The molecule has 0 spiro atoms. The van der Waals surface area contributed by atoms with Crippen LogP contribution in [0.5, 0.6) is 5.75 Å². The summed E-state index contributed by atoms with van der Waals surface area (Å²) in [6.07, 6.45) is -0.531. The van der Waals surface area contributed by atoms with E-state index >= 15 is 0 Å². The van der Waals surface area contributed by atoms with E-state index < -0.39 is 6.10 Å². The van der Waals surface area contributed by atoms with E-state index in [2.05, 4.69) is 10.6 Å². The monoisotopic (exact) mass is 334 g/mol. The predicted molar refractivity (Wildman–Crippen MR) is 93.0 cm³/mol. The molecule has 0 aliphatic carbocycles. The Kier molecular flexibility index (Phi) is 6.15. The van der Waals surface area contributed by atoms with Gasteiger partial charge in [-0.2, -0.15) is 11.3 Å². The molecule has 5 nitrogen and oxygen atoms in total. The van der Waals surface area contributed by atoms with Gasteiger partial charge >= 0.3 is 0 Å². The number of methoxy groups -OCH3 is 1. The first-order valence-electron chi connectivity index (χ1n) is 7.40. The quantitative estimate of drug-likeness (QED) is 0.728. The molecule has 2 atom stereocenters. The second-order valence-electron chi connectivity index (χ2n) is 5.34. The fourth-order valence-electron chi connectivity index (χ4n) is 2.27. The summed E-state index contributed by atoms with van der Waals surface area (Å²) in [6.45, 7) is 3.93. The molecule has 2 unspecified atom stereocenters. The average molecular weight is 334 g/mol. The summed E-state index contributed by atoms with van der Waals surface area (Å²) < 4.78 is 5.25. The highest BCUT2D eigenvalue weighted by molar-refractivity contribution is 7.07. The van der Waals surface area contributed by atoms with Crippen LogP contribution in [0.3, 0.4) is 0 Å². The average Bonchev–Trinajstić information content (AvgIpc) is 3.06. The largest absolute Gasteiger partial charge is 0.495 e. The van der Waals surface area contributed by atoms with Gasteiger partial charge in [0.1, 0.15) is 5.75 Å². The first-order chi connectivity index (χ1) is 11.0. The smallest absolute Gasteiger partial charge is 0.221 e. The van der Waals surface area contributed by atoms with E-state index in [4.69, 9.17) is 4.74 Å². The van der Waals surface area contributed by atoms with Crippen molar-refractivity contribution in [3.63, 3.8) is 0 Å². The van der Waals surface area contributed by atoms with Gasteiger partial charge in [0.2, 0.25) is 5.91 Å². The van der Waals surface area contributed by atoms with E-state index in [9.17, 15) is 9.90 Å². The van der Waals surface area contributed by atoms with Gasteiger partial charge in [-0.15, -0.1) is 0 Å². The Morgan fingerprint density at radius 3 is 2.74 bits per heavy atom. The SMILES string of the molecule is COc1ccc(C(C)NCC(O)c2ccsc2)cc1NC(C)=O. The molecular formula is C17H22N2O3S. The number of nitrogens with one attached hydrogen (secondary N) is 2. The van der Waals surface area contributed by atoms with E-state index in [0.717, 1.165) is 11.1 Å². The number of hydrogen-bond donors (Lipinski definition) is 3. The minimum absolute atomic E-state index is 0.0294. The molecule has 2 rings (SSSR count). The third-order valence-electron chi connectivity index (χ3n) is 3.58. The topological polar surface area (TPSA) is 70.6 Å². The number of hydrogen-bond acceptors (Lipinski definition) is 5. The van der Waals surface area contributed by atoms with Crippen molar-refractivity contribution in [2.45, 2.75) is 26.0 Å². The summed E-state index contributed by atoms with van der Waals surface area (Å²) in [4.78, 5) is 11.3. The standard InChI is InChI=1S/C17H22N2O3S/c1-11(18-9-16(21)14-6-7-23-10-14)13-4-5-17(22-3)15(8-13)19-12(2)20/h4-8,10-11,16,18,21H,9H2,1-3H3,(H,19,20). The van der Waals surface area contributed by atoms with Crippen molar-refractivity contribution in [3.8, 4) is 5.75 Å². The molecule has 0 saturated heterocycles. The van der Waals surface area contributed by atoms with Crippen molar-refractivity contribution in [2.75, 3.05) is 19.0 Å². The molecule has 3 N–H and O–H groups in total. The molecule has 0 bridgehead atoms. The Morgan fingerprint density at radius 2 is 2.13 bits per heavy atom. The fraction of sp³-hybridized carbons (Fsp3) is 0.353. The van der Waals surface area contributed by atoms with E-state index in [1.165, 1.54) is 6.92 Å². The molecule has 0 radical (unpaired) electrons. The zero-order valence-corrected chi connectivity index (χ0v) is 14.3. The number of aliphatic hydroxyl groups excluding tert-OH is 1. The molecule has 1 aromatic heterocycles. The highest BCUT2D eigenvalue weighted by Gasteiger charge is 2.13. The lowest BCUT2D eigenvalue weighted by Gasteiger charge is -2.19. The van der Waals surface area contributed by atoms with E-state index in [1.54, 1.807) is 18.4 Å². The zero-order chi connectivity index (χ0) is 16.8. The Morgan fingerprint density at radius 1 is 1.35 bits per heavy atom. The lowest BCUT2D eigenvalue weighted by atomic mass is 10.1. The van der Waals surface area contributed by atoms with Gasteiger partial charge in [-0.25, -0.2) is 0 Å². The van der Waals surface area contributed by atoms with Crippen LogP contribution < -0.4 is 15.4 Å². The van der Waals surface area contributed by atoms with Crippen LogP contribution in [0.15, 0.2) is 35.0 Å². The molecule has 0 saturated carbocycles. The number of thiophene rings is 1. The number of amides is 1. The molecule has 0 aliphatic rings. The van der Waals surface area contributed by atoms with Crippen LogP contribution in [0.25, 0.3) is 0 Å². The number of carbonyl (C=O) groups is 1. The Labute approximate surface area is 140 Å². The summed E-state index contributed by atoms with van der Waals surface area (Å²) in [6, 6.07) is 7.60. The number of aliphatic hydroxyl groups is 1. The first-order valence-corrected chi connectivity index (χ1v) is 8.34. The molecular weight excluding hydrogens is 312 g/mol. The van der Waals surface area contributed by atoms with Gasteiger partial charge in [-0.3, -0.25) is 4.79 Å². The van der Waals surface area contributed by atoms with Crippen LogP contribution >= 0.6 is 11.3 Å². The first kappa shape index (κ1) is 17.5. The molecule has 0 aliphatic heterocycles. The summed E-state index contributed by atoms with van der Waals surface area (Å²) in [5, 5.41) is 20.1. The van der Waals surface area contributed by atoms with Crippen LogP contribution in [0.2, 0.25) is 0 Å². The lowest BCUT2D eigenvalue weighted by Crippen LogP contribution is -2.24. The molecule has 2 aromatic rings. The van der Waals surface area contributed by atoms with E-state index in [1.807, 2.05) is 41.9 Å². The van der Waals surface area contributed by atoms with Gasteiger partial charge in [0.05, 0.1) is 18.9 Å². The zero-order valence-electron chi connectivity index (χ0n) is 13.5. The maximum Gasteiger partial charge on any atom is 0.221 e. The van der Waals surface area contributed by atoms with Crippen LogP contribution in [0.4, 0.5) is 5.69 Å². The maximum atomic E-state index is 11.3. The Bertz CT molecular complexity index is 643. The molecule has 0 fully saturated rings. The van der Waals surface area contributed by atoms with Crippen molar-refractivity contribution in [1.29, 1.82) is 0 Å². The molecule has 1 aromatic carbocycles. The molecule has 23 heavy (non-hydrogen) atoms. The van der Waals surface area contributed by atoms with Crippen LogP contribution in [-0.4, -0.2) is 24.7 Å². The summed E-state index contributed by atoms with van der Waals surface area (Å²) in [5.74, 6) is 0.475. The highest BCUT2D eigenvalue weighted by atomic mass is 32.1. The Hall–Kier alpha value is -1.89. The second-order valence-corrected chi connectivity index (χ2v) is 6.12. The van der Waals surface area contributed by atoms with Crippen molar-refractivity contribution in [2.24, 2.45) is 0 Å². The van der Waals surface area contributed by atoms with Gasteiger partial charge < -0.3 is 20.5 Å². The highest BCUT2D eigenvalue weighted by Crippen LogP contribution is 2.28. The van der Waals surface area contributed by atoms with Gasteiger partial charge in [-0.05, 0) is 47.0 Å². The Balaban J connectivity index is 2.03. The van der Waals surface area contributed by atoms with Crippen molar-refractivity contribution >= 4 is 22.9 Å². The van der Waals surface area contributed by atoms with Gasteiger partial charge in [0.15, 0.2) is 0 Å². The minimum atomic E-state index is -0.531. The van der Waals surface area contributed by atoms with Gasteiger partial charge in [0.25, 0.3) is 0 Å². The number of rotatable bonds is 7. The van der Waals surface area contributed by atoms with Crippen LogP contribution in [-0.2, 0) is 4.79 Å². The molecule has 6 heteroatoms. The predicted octanol–water partition coefficient (Wildman–Crippen LogP) is 3.10. The van der Waals surface area contributed by atoms with Crippen molar-refractivity contribution < 1.29 is 14.6 Å². The fourth-order valence-corrected chi connectivity index (χ4v) is 2.98. The van der Waals surface area contributed by atoms with Gasteiger partial charge in [0, 0.05) is 19.5 Å². The third-order valence-corrected chi connectivity index (χ3v) is 4.28. The third kappa shape index (κ3) is 4.79. The van der Waals surface area contributed by atoms with Crippen molar-refractivity contribution in [1.82, 2.24) is 5.32 Å². The molecule has 124 valence electrons. The maximum absolute atomic E-state index is 11.3. The van der Waals surface area contributed by atoms with Crippen LogP contribution in [0.1, 0.15) is 37.1 Å². The van der Waals surface area contributed by atoms with E-state index in [0.29, 0.717) is 18.0 Å². The number of ether oxygens (including phenoxy) is 1. The van der Waals surface area contributed by atoms with Crippen LogP contribution in [0, 0.1) is 0 Å². The second kappa shape index (κ2) is 8.10. The molecule has 1 heterocycles. The number of benzene rings is 1. The molecule has 1 amide bonds. The lowest BCUT2D eigenvalue weighted by molar-refractivity contribution is -0.114. The van der Waals surface area contributed by atoms with Gasteiger partial charge in [-0.1, -0.05) is 6.07 Å². The normalized spacial score (nSPS) is 13.4. The number of carbonyl (C=O) groups excluding carboxylic acids is 1. The number of anilines is 1. The minimum Gasteiger partial charge on any atom is -0.495 e. The van der Waals surface area contributed by atoms with Crippen molar-refractivity contribution in [3.05, 3.63) is 46.2 Å². The summed E-state index contributed by atoms with van der Waals surface area (Å²) in [5.41, 5.74) is 2.57.